The van der Waals surface area contributed by atoms with E-state index in [2.05, 4.69) is 10.6 Å². The zero-order valence-electron chi connectivity index (χ0n) is 16.5. The number of hydrogen-bond acceptors (Lipinski definition) is 6. The van der Waals surface area contributed by atoms with E-state index in [0.717, 1.165) is 5.69 Å². The number of thiocarbonyl (C=S) groups is 1. The third-order valence-corrected chi connectivity index (χ3v) is 5.25. The highest BCUT2D eigenvalue weighted by Crippen LogP contribution is 2.29. The summed E-state index contributed by atoms with van der Waals surface area (Å²) in [5, 5.41) is 16.6. The van der Waals surface area contributed by atoms with Crippen molar-refractivity contribution in [3.63, 3.8) is 0 Å². The van der Waals surface area contributed by atoms with Crippen molar-refractivity contribution in [2.45, 2.75) is 0 Å². The Balaban J connectivity index is 1.62. The number of nitrogens with one attached hydrogen (secondary N) is 2. The highest BCUT2D eigenvalue weighted by atomic mass is 35.5. The Morgan fingerprint density at radius 1 is 1.00 bits per heavy atom. The number of amides is 2. The largest absolute Gasteiger partial charge is 0.507 e. The molecule has 0 saturated carbocycles. The minimum Gasteiger partial charge on any atom is -0.507 e. The molecule has 0 unspecified atom stereocenters. The predicted octanol–water partition coefficient (Wildman–Crippen LogP) is 4.20. The first-order chi connectivity index (χ1) is 15.3. The average Bonchev–Trinajstić information content (AvgIpc) is 2.75. The van der Waals surface area contributed by atoms with Crippen LogP contribution in [0, 0.1) is 0 Å². The zero-order chi connectivity index (χ0) is 22.8. The Labute approximate surface area is 194 Å². The van der Waals surface area contributed by atoms with Crippen LogP contribution in [0.4, 0.5) is 22.7 Å². The highest BCUT2D eigenvalue weighted by molar-refractivity contribution is 7.80. The Morgan fingerprint density at radius 2 is 1.66 bits per heavy atom. The summed E-state index contributed by atoms with van der Waals surface area (Å²) in [6.45, 7) is 0. The number of nitrogens with zero attached hydrogens (tertiary/aromatic N) is 1. The number of aromatic hydroxyl groups is 1. The standard InChI is InChI=1S/C23H17ClN4O3S/c24-14-2-9-18(10-3-14)28-22(31)19(21(30)27-23(28)32)11-13-1-6-17(12-20(13)29)26-16-7-4-15(25)5-8-16/h1-12,26,29H,25H2,(H,27,30,32)/b19-11-. The first-order valence-electron chi connectivity index (χ1n) is 9.44. The molecule has 9 heteroatoms. The molecule has 160 valence electrons. The average molecular weight is 465 g/mol. The number of carbonyl (C=O) groups excluding carboxylic acids is 2. The van der Waals surface area contributed by atoms with Gasteiger partial charge in [-0.2, -0.15) is 0 Å². The summed E-state index contributed by atoms with van der Waals surface area (Å²) in [4.78, 5) is 26.7. The van der Waals surface area contributed by atoms with E-state index in [1.807, 2.05) is 12.1 Å². The van der Waals surface area contributed by atoms with Crippen molar-refractivity contribution >= 4 is 69.6 Å². The molecule has 0 radical (unpaired) electrons. The van der Waals surface area contributed by atoms with E-state index in [4.69, 9.17) is 29.6 Å². The molecule has 1 aliphatic rings. The van der Waals surface area contributed by atoms with E-state index >= 15 is 0 Å². The number of rotatable bonds is 4. The predicted molar refractivity (Wildman–Crippen MR) is 130 cm³/mol. The highest BCUT2D eigenvalue weighted by Gasteiger charge is 2.34. The van der Waals surface area contributed by atoms with E-state index in [0.29, 0.717) is 27.6 Å². The molecular weight excluding hydrogens is 448 g/mol. The van der Waals surface area contributed by atoms with Crippen molar-refractivity contribution in [3.8, 4) is 5.75 Å². The molecule has 4 rings (SSSR count). The molecule has 7 nitrogen and oxygen atoms in total. The molecular formula is C23H17ClN4O3S. The van der Waals surface area contributed by atoms with Gasteiger partial charge in [0.25, 0.3) is 11.8 Å². The molecule has 1 fully saturated rings. The van der Waals surface area contributed by atoms with Crippen LogP contribution in [0.2, 0.25) is 5.02 Å². The number of nitrogens with two attached hydrogens (primary N) is 1. The van der Waals surface area contributed by atoms with Crippen LogP contribution in [0.25, 0.3) is 6.08 Å². The molecule has 2 amide bonds. The van der Waals surface area contributed by atoms with Gasteiger partial charge in [-0.25, -0.2) is 0 Å². The van der Waals surface area contributed by atoms with Crippen LogP contribution in [0.1, 0.15) is 5.56 Å². The maximum atomic E-state index is 13.1. The molecule has 3 aromatic carbocycles. The number of carbonyl (C=O) groups is 2. The summed E-state index contributed by atoms with van der Waals surface area (Å²) >= 11 is 11.1. The molecule has 1 aliphatic heterocycles. The van der Waals surface area contributed by atoms with Crippen LogP contribution in [-0.2, 0) is 9.59 Å². The zero-order valence-corrected chi connectivity index (χ0v) is 18.1. The van der Waals surface area contributed by atoms with Crippen molar-refractivity contribution in [2.75, 3.05) is 16.0 Å². The number of phenolic OH excluding ortho intramolecular Hbond substituents is 1. The van der Waals surface area contributed by atoms with Crippen LogP contribution < -0.4 is 21.3 Å². The SMILES string of the molecule is Nc1ccc(Nc2ccc(/C=C3/C(=O)NC(=S)N(c4ccc(Cl)cc4)C3=O)c(O)c2)cc1. The molecule has 0 atom stereocenters. The summed E-state index contributed by atoms with van der Waals surface area (Å²) in [5.74, 6) is -1.36. The van der Waals surface area contributed by atoms with Crippen molar-refractivity contribution in [1.82, 2.24) is 5.32 Å². The molecule has 0 bridgehead atoms. The van der Waals surface area contributed by atoms with Gasteiger partial charge >= 0.3 is 0 Å². The van der Waals surface area contributed by atoms with Gasteiger partial charge in [0, 0.05) is 33.7 Å². The minimum atomic E-state index is -0.645. The number of anilines is 4. The van der Waals surface area contributed by atoms with E-state index in [-0.39, 0.29) is 16.4 Å². The fourth-order valence-corrected chi connectivity index (χ4v) is 3.52. The number of nitrogen functional groups attached to an aromatic ring is 1. The molecule has 1 heterocycles. The van der Waals surface area contributed by atoms with Crippen molar-refractivity contribution in [1.29, 1.82) is 0 Å². The van der Waals surface area contributed by atoms with E-state index < -0.39 is 11.8 Å². The van der Waals surface area contributed by atoms with Gasteiger partial charge in [0.05, 0.1) is 5.69 Å². The maximum absolute atomic E-state index is 13.1. The monoisotopic (exact) mass is 464 g/mol. The third kappa shape index (κ3) is 4.41. The fourth-order valence-electron chi connectivity index (χ4n) is 3.11. The van der Waals surface area contributed by atoms with Gasteiger partial charge in [-0.05, 0) is 79.0 Å². The van der Waals surface area contributed by atoms with Crippen LogP contribution in [0.15, 0.2) is 72.3 Å². The third-order valence-electron chi connectivity index (χ3n) is 4.72. The summed E-state index contributed by atoms with van der Waals surface area (Å²) in [6.07, 6.45) is 1.32. The van der Waals surface area contributed by atoms with Gasteiger partial charge in [0.15, 0.2) is 5.11 Å². The van der Waals surface area contributed by atoms with E-state index in [9.17, 15) is 14.7 Å². The first-order valence-corrected chi connectivity index (χ1v) is 10.2. The van der Waals surface area contributed by atoms with Crippen molar-refractivity contribution in [2.24, 2.45) is 0 Å². The summed E-state index contributed by atoms with van der Waals surface area (Å²) in [7, 11) is 0. The van der Waals surface area contributed by atoms with E-state index in [1.54, 1.807) is 48.5 Å². The minimum absolute atomic E-state index is 0.0354. The topological polar surface area (TPSA) is 108 Å². The summed E-state index contributed by atoms with van der Waals surface area (Å²) in [6, 6.07) is 18.4. The second kappa shape index (κ2) is 8.70. The second-order valence-corrected chi connectivity index (χ2v) is 7.78. The Hall–Kier alpha value is -3.88. The first kappa shape index (κ1) is 21.4. The Bertz CT molecular complexity index is 1260. The van der Waals surface area contributed by atoms with Crippen molar-refractivity contribution in [3.05, 3.63) is 82.9 Å². The van der Waals surface area contributed by atoms with Gasteiger partial charge in [0.2, 0.25) is 0 Å². The van der Waals surface area contributed by atoms with Crippen LogP contribution in [0.5, 0.6) is 5.75 Å². The molecule has 1 saturated heterocycles. The molecule has 0 spiro atoms. The van der Waals surface area contributed by atoms with Gasteiger partial charge in [-0.3, -0.25) is 19.8 Å². The summed E-state index contributed by atoms with van der Waals surface area (Å²) < 4.78 is 0. The number of hydrogen-bond donors (Lipinski definition) is 4. The quantitative estimate of drug-likeness (QED) is 0.199. The lowest BCUT2D eigenvalue weighted by Gasteiger charge is -2.29. The fraction of sp³-hybridized carbons (Fsp3) is 0. The van der Waals surface area contributed by atoms with Gasteiger partial charge in [-0.1, -0.05) is 11.6 Å². The van der Waals surface area contributed by atoms with Gasteiger partial charge < -0.3 is 16.2 Å². The van der Waals surface area contributed by atoms with Gasteiger partial charge in [-0.15, -0.1) is 0 Å². The normalized spacial score (nSPS) is 15.1. The molecule has 3 aromatic rings. The number of phenols is 1. The molecule has 32 heavy (non-hydrogen) atoms. The Kier molecular flexibility index (Phi) is 5.81. The molecule has 0 aromatic heterocycles. The van der Waals surface area contributed by atoms with Crippen molar-refractivity contribution < 1.29 is 14.7 Å². The Morgan fingerprint density at radius 3 is 2.31 bits per heavy atom. The number of benzene rings is 3. The van der Waals surface area contributed by atoms with Crippen LogP contribution >= 0.6 is 23.8 Å². The summed E-state index contributed by atoms with van der Waals surface area (Å²) in [5.41, 5.74) is 8.34. The lowest BCUT2D eigenvalue weighted by atomic mass is 10.1. The van der Waals surface area contributed by atoms with Crippen LogP contribution in [-0.4, -0.2) is 22.0 Å². The van der Waals surface area contributed by atoms with E-state index in [1.165, 1.54) is 17.0 Å². The molecule has 0 aliphatic carbocycles. The second-order valence-electron chi connectivity index (χ2n) is 6.95. The van der Waals surface area contributed by atoms with Gasteiger partial charge in [0.1, 0.15) is 11.3 Å². The van der Waals surface area contributed by atoms with Crippen LogP contribution in [0.3, 0.4) is 0 Å². The lowest BCUT2D eigenvalue weighted by Crippen LogP contribution is -2.54. The number of halogens is 1. The molecule has 5 N–H and O–H groups in total. The smallest absolute Gasteiger partial charge is 0.270 e. The lowest BCUT2D eigenvalue weighted by molar-refractivity contribution is -0.122. The maximum Gasteiger partial charge on any atom is 0.270 e.